The van der Waals surface area contributed by atoms with E-state index in [1.807, 2.05) is 70.2 Å². The van der Waals surface area contributed by atoms with E-state index in [0.29, 0.717) is 17.0 Å². The second kappa shape index (κ2) is 7.50. The molecule has 0 spiro atoms. The second-order valence-corrected chi connectivity index (χ2v) is 7.89. The molecule has 2 aromatic rings. The van der Waals surface area contributed by atoms with Crippen LogP contribution in [-0.2, 0) is 16.1 Å². The topological polar surface area (TPSA) is 37.4 Å². The van der Waals surface area contributed by atoms with E-state index in [1.54, 1.807) is 0 Å². The third-order valence-electron chi connectivity index (χ3n) is 4.67. The van der Waals surface area contributed by atoms with E-state index in [-0.39, 0.29) is 11.8 Å². The molecule has 0 aliphatic carbocycles. The Bertz CT molecular complexity index is 897. The molecule has 0 saturated heterocycles. The minimum absolute atomic E-state index is 0.185. The van der Waals surface area contributed by atoms with E-state index in [4.69, 9.17) is 0 Å². The van der Waals surface area contributed by atoms with Crippen molar-refractivity contribution in [2.75, 3.05) is 5.75 Å². The summed E-state index contributed by atoms with van der Waals surface area (Å²) < 4.78 is 0. The largest absolute Gasteiger partial charge is 0.269 e. The van der Waals surface area contributed by atoms with Crippen molar-refractivity contribution in [3.8, 4) is 0 Å². The zero-order valence-electron chi connectivity index (χ0n) is 15.6. The quantitative estimate of drug-likeness (QED) is 0.724. The lowest BCUT2D eigenvalue weighted by Gasteiger charge is -2.15. The molecule has 134 valence electrons. The van der Waals surface area contributed by atoms with Crippen LogP contribution in [0, 0.1) is 20.8 Å². The highest BCUT2D eigenvalue weighted by Crippen LogP contribution is 2.37. The standard InChI is InChI=1S/C22H23NO2S/c1-5-26-20-19(18-11-8-15(3)16(4)12-18)21(24)23(22(20)25)13-17-9-6-14(2)7-10-17/h6-12H,5,13H2,1-4H3. The lowest BCUT2D eigenvalue weighted by Crippen LogP contribution is -2.30. The molecular formula is C22H23NO2S. The number of hydrogen-bond acceptors (Lipinski definition) is 3. The number of amides is 2. The number of rotatable bonds is 5. The van der Waals surface area contributed by atoms with Crippen LogP contribution in [0.15, 0.2) is 47.4 Å². The minimum Gasteiger partial charge on any atom is -0.269 e. The van der Waals surface area contributed by atoms with Gasteiger partial charge in [0.2, 0.25) is 0 Å². The molecule has 2 amide bonds. The molecule has 0 fully saturated rings. The highest BCUT2D eigenvalue weighted by Gasteiger charge is 2.38. The first kappa shape index (κ1) is 18.5. The lowest BCUT2D eigenvalue weighted by atomic mass is 10.0. The maximum Gasteiger partial charge on any atom is 0.268 e. The van der Waals surface area contributed by atoms with E-state index >= 15 is 0 Å². The van der Waals surface area contributed by atoms with Gasteiger partial charge in [0.1, 0.15) is 0 Å². The van der Waals surface area contributed by atoms with Crippen molar-refractivity contribution in [1.82, 2.24) is 4.90 Å². The van der Waals surface area contributed by atoms with E-state index in [0.717, 1.165) is 28.0 Å². The first-order chi connectivity index (χ1) is 12.4. The van der Waals surface area contributed by atoms with Crippen molar-refractivity contribution in [3.63, 3.8) is 0 Å². The van der Waals surface area contributed by atoms with Gasteiger partial charge < -0.3 is 0 Å². The average molecular weight is 365 g/mol. The number of benzene rings is 2. The first-order valence-corrected chi connectivity index (χ1v) is 9.77. The first-order valence-electron chi connectivity index (χ1n) is 8.78. The predicted octanol–water partition coefficient (Wildman–Crippen LogP) is 4.65. The van der Waals surface area contributed by atoms with Gasteiger partial charge in [-0.2, -0.15) is 0 Å². The van der Waals surface area contributed by atoms with Crippen LogP contribution in [-0.4, -0.2) is 22.5 Å². The van der Waals surface area contributed by atoms with Crippen LogP contribution >= 0.6 is 11.8 Å². The highest BCUT2D eigenvalue weighted by molar-refractivity contribution is 8.04. The van der Waals surface area contributed by atoms with Gasteiger partial charge in [0, 0.05) is 0 Å². The number of imide groups is 1. The summed E-state index contributed by atoms with van der Waals surface area (Å²) >= 11 is 1.45. The Hall–Kier alpha value is -2.33. The average Bonchev–Trinajstić information content (AvgIpc) is 2.84. The van der Waals surface area contributed by atoms with Gasteiger partial charge in [-0.1, -0.05) is 55.0 Å². The molecule has 0 saturated carbocycles. The Morgan fingerprint density at radius 2 is 1.58 bits per heavy atom. The van der Waals surface area contributed by atoms with Crippen LogP contribution in [0.5, 0.6) is 0 Å². The van der Waals surface area contributed by atoms with Crippen LogP contribution in [0.25, 0.3) is 5.57 Å². The predicted molar refractivity (Wildman–Crippen MR) is 108 cm³/mol. The molecule has 1 aliphatic rings. The zero-order chi connectivity index (χ0) is 18.8. The SMILES string of the molecule is CCSC1=C(c2ccc(C)c(C)c2)C(=O)N(Cc2ccc(C)cc2)C1=O. The van der Waals surface area contributed by atoms with Gasteiger partial charge in [0.05, 0.1) is 17.0 Å². The van der Waals surface area contributed by atoms with Crippen LogP contribution in [0.2, 0.25) is 0 Å². The Morgan fingerprint density at radius 3 is 2.19 bits per heavy atom. The number of carbonyl (C=O) groups is 2. The van der Waals surface area contributed by atoms with Crippen LogP contribution < -0.4 is 0 Å². The molecule has 2 aromatic carbocycles. The van der Waals surface area contributed by atoms with Gasteiger partial charge in [-0.15, -0.1) is 11.8 Å². The molecule has 0 aromatic heterocycles. The van der Waals surface area contributed by atoms with E-state index in [9.17, 15) is 9.59 Å². The summed E-state index contributed by atoms with van der Waals surface area (Å²) in [4.78, 5) is 28.0. The molecule has 1 heterocycles. The highest BCUT2D eigenvalue weighted by atomic mass is 32.2. The molecule has 0 N–H and O–H groups in total. The van der Waals surface area contributed by atoms with Gasteiger partial charge in [0.25, 0.3) is 11.8 Å². The molecule has 0 unspecified atom stereocenters. The van der Waals surface area contributed by atoms with Crippen molar-refractivity contribution in [3.05, 3.63) is 75.2 Å². The van der Waals surface area contributed by atoms with E-state index < -0.39 is 0 Å². The van der Waals surface area contributed by atoms with Crippen molar-refractivity contribution < 1.29 is 9.59 Å². The molecule has 4 heteroatoms. The second-order valence-electron chi connectivity index (χ2n) is 6.62. The molecule has 1 aliphatic heterocycles. The molecular weight excluding hydrogens is 342 g/mol. The molecule has 3 rings (SSSR count). The Balaban J connectivity index is 1.98. The van der Waals surface area contributed by atoms with Crippen LogP contribution in [0.3, 0.4) is 0 Å². The Kier molecular flexibility index (Phi) is 5.33. The van der Waals surface area contributed by atoms with Crippen LogP contribution in [0.4, 0.5) is 0 Å². The number of thioether (sulfide) groups is 1. The fourth-order valence-electron chi connectivity index (χ4n) is 3.00. The number of aryl methyl sites for hydroxylation is 3. The van der Waals surface area contributed by atoms with E-state index in [2.05, 4.69) is 0 Å². The third kappa shape index (κ3) is 3.47. The van der Waals surface area contributed by atoms with Crippen molar-refractivity contribution in [2.45, 2.75) is 34.2 Å². The monoisotopic (exact) mass is 365 g/mol. The molecule has 0 radical (unpaired) electrons. The summed E-state index contributed by atoms with van der Waals surface area (Å²) in [5.41, 5.74) is 5.77. The summed E-state index contributed by atoms with van der Waals surface area (Å²) in [6, 6.07) is 13.9. The van der Waals surface area contributed by atoms with E-state index in [1.165, 1.54) is 22.2 Å². The van der Waals surface area contributed by atoms with Crippen molar-refractivity contribution in [2.24, 2.45) is 0 Å². The van der Waals surface area contributed by atoms with Crippen molar-refractivity contribution >= 4 is 29.1 Å². The number of nitrogens with zero attached hydrogens (tertiary/aromatic N) is 1. The lowest BCUT2D eigenvalue weighted by molar-refractivity contribution is -0.137. The fraction of sp³-hybridized carbons (Fsp3) is 0.273. The molecule has 0 bridgehead atoms. The molecule has 3 nitrogen and oxygen atoms in total. The van der Waals surface area contributed by atoms with Gasteiger partial charge in [-0.3, -0.25) is 14.5 Å². The van der Waals surface area contributed by atoms with Crippen LogP contribution in [0.1, 0.15) is 34.7 Å². The van der Waals surface area contributed by atoms with Crippen molar-refractivity contribution in [1.29, 1.82) is 0 Å². The maximum atomic E-state index is 13.1. The molecule has 26 heavy (non-hydrogen) atoms. The smallest absolute Gasteiger partial charge is 0.268 e. The molecule has 0 atom stereocenters. The Labute approximate surface area is 159 Å². The normalized spacial score (nSPS) is 14.5. The summed E-state index contributed by atoms with van der Waals surface area (Å²) in [6.07, 6.45) is 0. The number of hydrogen-bond donors (Lipinski definition) is 0. The number of carbonyl (C=O) groups excluding carboxylic acids is 2. The summed E-state index contributed by atoms with van der Waals surface area (Å²) in [7, 11) is 0. The maximum absolute atomic E-state index is 13.1. The Morgan fingerprint density at radius 1 is 0.885 bits per heavy atom. The summed E-state index contributed by atoms with van der Waals surface area (Å²) in [5.74, 6) is 0.367. The summed E-state index contributed by atoms with van der Waals surface area (Å²) in [5, 5.41) is 0. The minimum atomic E-state index is -0.199. The third-order valence-corrected chi connectivity index (χ3v) is 5.63. The van der Waals surface area contributed by atoms with Gasteiger partial charge in [-0.25, -0.2) is 0 Å². The van der Waals surface area contributed by atoms with Gasteiger partial charge in [0.15, 0.2) is 0 Å². The zero-order valence-corrected chi connectivity index (χ0v) is 16.4. The van der Waals surface area contributed by atoms with Gasteiger partial charge in [-0.05, 0) is 48.8 Å². The fourth-order valence-corrected chi connectivity index (χ4v) is 3.88. The summed E-state index contributed by atoms with van der Waals surface area (Å²) in [6.45, 7) is 8.39. The van der Waals surface area contributed by atoms with Gasteiger partial charge >= 0.3 is 0 Å².